The van der Waals surface area contributed by atoms with Gasteiger partial charge in [0.25, 0.3) is 0 Å². The zero-order valence-corrected chi connectivity index (χ0v) is 17.1. The molecular formula is C25H23N5. The maximum Gasteiger partial charge on any atom is 0.137 e. The first kappa shape index (κ1) is 19.4. The fourth-order valence-electron chi connectivity index (χ4n) is 3.15. The maximum absolute atomic E-state index is 9.19. The summed E-state index contributed by atoms with van der Waals surface area (Å²) in [6, 6.07) is 22.5. The Bertz CT molecular complexity index is 1250. The molecular weight excluding hydrogens is 370 g/mol. The molecule has 30 heavy (non-hydrogen) atoms. The molecule has 0 aliphatic rings. The molecule has 0 atom stereocenters. The van der Waals surface area contributed by atoms with Gasteiger partial charge >= 0.3 is 0 Å². The molecule has 0 amide bonds. The Morgan fingerprint density at radius 3 is 2.67 bits per heavy atom. The van der Waals surface area contributed by atoms with E-state index in [1.165, 1.54) is 0 Å². The number of benzene rings is 1. The van der Waals surface area contributed by atoms with Crippen molar-refractivity contribution in [1.29, 1.82) is 5.26 Å². The Balaban J connectivity index is 1.60. The number of fused-ring (bicyclic) bond motifs is 1. The van der Waals surface area contributed by atoms with Gasteiger partial charge in [-0.05, 0) is 43.7 Å². The molecule has 0 aliphatic heterocycles. The van der Waals surface area contributed by atoms with Crippen molar-refractivity contribution in [3.63, 3.8) is 0 Å². The lowest BCUT2D eigenvalue weighted by atomic mass is 9.96. The van der Waals surface area contributed by atoms with Crippen LogP contribution in [0.15, 0.2) is 73.4 Å². The van der Waals surface area contributed by atoms with Crippen LogP contribution in [0, 0.1) is 16.7 Å². The van der Waals surface area contributed by atoms with E-state index in [4.69, 9.17) is 4.98 Å². The van der Waals surface area contributed by atoms with Crippen LogP contribution in [0.4, 0.5) is 0 Å². The van der Waals surface area contributed by atoms with Crippen LogP contribution in [0.3, 0.4) is 0 Å². The largest absolute Gasteiger partial charge is 0.382 e. The van der Waals surface area contributed by atoms with Gasteiger partial charge in [0.05, 0.1) is 28.6 Å². The summed E-state index contributed by atoms with van der Waals surface area (Å²) in [4.78, 5) is 12.7. The zero-order chi connectivity index (χ0) is 21.1. The first-order chi connectivity index (χ1) is 14.4. The Labute approximate surface area is 176 Å². The molecule has 4 rings (SSSR count). The van der Waals surface area contributed by atoms with Crippen LogP contribution in [0.1, 0.15) is 19.5 Å². The third kappa shape index (κ3) is 4.08. The molecule has 2 N–H and O–H groups in total. The van der Waals surface area contributed by atoms with Gasteiger partial charge in [0.2, 0.25) is 0 Å². The van der Waals surface area contributed by atoms with Gasteiger partial charge in [-0.3, -0.25) is 0 Å². The molecule has 0 saturated heterocycles. The minimum atomic E-state index is -0.472. The molecule has 5 nitrogen and oxygen atoms in total. The van der Waals surface area contributed by atoms with E-state index in [2.05, 4.69) is 52.2 Å². The van der Waals surface area contributed by atoms with Crippen LogP contribution in [0.5, 0.6) is 0 Å². The van der Waals surface area contributed by atoms with Crippen molar-refractivity contribution in [1.82, 2.24) is 20.3 Å². The first-order valence-corrected chi connectivity index (χ1v) is 9.81. The number of nitrogens with one attached hydrogen (secondary N) is 2. The fraction of sp³-hybridized carbons (Fsp3) is 0.160. The third-order valence-corrected chi connectivity index (χ3v) is 4.96. The van der Waals surface area contributed by atoms with E-state index in [1.807, 2.05) is 56.4 Å². The Hall–Kier alpha value is -3.91. The summed E-state index contributed by atoms with van der Waals surface area (Å²) in [6.07, 6.45) is 1.83. The molecule has 5 heteroatoms. The molecule has 0 spiro atoms. The number of aromatic nitrogens is 3. The number of nitrogens with zero attached hydrogens (tertiary/aromatic N) is 3. The topological polar surface area (TPSA) is 77.4 Å². The van der Waals surface area contributed by atoms with E-state index >= 15 is 0 Å². The van der Waals surface area contributed by atoms with Gasteiger partial charge in [-0.15, -0.1) is 0 Å². The maximum atomic E-state index is 9.19. The average Bonchev–Trinajstić information content (AvgIpc) is 3.22. The summed E-state index contributed by atoms with van der Waals surface area (Å²) >= 11 is 0. The second-order valence-electron chi connectivity index (χ2n) is 7.95. The van der Waals surface area contributed by atoms with Crippen molar-refractivity contribution in [2.45, 2.75) is 13.8 Å². The summed E-state index contributed by atoms with van der Waals surface area (Å²) in [5, 5.41) is 13.4. The SMILES string of the molecule is C=C(NCC(C)(C)C#N)c1cccc(-c2cnc3[nH]c(-c4ccccc4)cc3c2)n1. The summed E-state index contributed by atoms with van der Waals surface area (Å²) in [7, 11) is 0. The number of pyridine rings is 2. The first-order valence-electron chi connectivity index (χ1n) is 9.81. The second-order valence-corrected chi connectivity index (χ2v) is 7.95. The predicted molar refractivity (Wildman–Crippen MR) is 121 cm³/mol. The third-order valence-electron chi connectivity index (χ3n) is 4.96. The van der Waals surface area contributed by atoms with Gasteiger partial charge in [0.1, 0.15) is 5.65 Å². The monoisotopic (exact) mass is 393 g/mol. The molecule has 0 radical (unpaired) electrons. The van der Waals surface area contributed by atoms with E-state index in [9.17, 15) is 5.26 Å². The fourth-order valence-corrected chi connectivity index (χ4v) is 3.15. The van der Waals surface area contributed by atoms with Gasteiger partial charge in [0.15, 0.2) is 0 Å². The zero-order valence-electron chi connectivity index (χ0n) is 17.1. The van der Waals surface area contributed by atoms with E-state index in [-0.39, 0.29) is 0 Å². The van der Waals surface area contributed by atoms with Crippen molar-refractivity contribution < 1.29 is 0 Å². The highest BCUT2D eigenvalue weighted by Crippen LogP contribution is 2.27. The number of rotatable bonds is 6. The van der Waals surface area contributed by atoms with Crippen LogP contribution in [0.25, 0.3) is 39.2 Å². The Kier molecular flexibility index (Phi) is 5.07. The van der Waals surface area contributed by atoms with Crippen LogP contribution >= 0.6 is 0 Å². The van der Waals surface area contributed by atoms with E-state index in [1.54, 1.807) is 0 Å². The smallest absolute Gasteiger partial charge is 0.137 e. The molecule has 148 valence electrons. The summed E-state index contributed by atoms with van der Waals surface area (Å²) in [5.41, 5.74) is 5.75. The van der Waals surface area contributed by atoms with E-state index in [0.29, 0.717) is 12.2 Å². The van der Waals surface area contributed by atoms with Gasteiger partial charge in [0, 0.05) is 29.4 Å². The summed E-state index contributed by atoms with van der Waals surface area (Å²) in [5.74, 6) is 0. The van der Waals surface area contributed by atoms with E-state index in [0.717, 1.165) is 39.2 Å². The van der Waals surface area contributed by atoms with Gasteiger partial charge < -0.3 is 10.3 Å². The Morgan fingerprint density at radius 1 is 1.10 bits per heavy atom. The molecule has 0 fully saturated rings. The highest BCUT2D eigenvalue weighted by molar-refractivity contribution is 5.86. The van der Waals surface area contributed by atoms with Crippen LogP contribution < -0.4 is 5.32 Å². The standard InChI is InChI=1S/C25H23N5/c1-17(28-16-25(2,3)15-26)21-10-7-11-22(29-21)20-12-19-13-23(30-24(19)27-14-20)18-8-5-4-6-9-18/h4-14,28H,1,16H2,2-3H3,(H,27,30). The van der Waals surface area contributed by atoms with Crippen LogP contribution in [0.2, 0.25) is 0 Å². The lowest BCUT2D eigenvalue weighted by Crippen LogP contribution is -2.27. The molecule has 0 saturated carbocycles. The summed E-state index contributed by atoms with van der Waals surface area (Å²) < 4.78 is 0. The molecule has 3 aromatic heterocycles. The minimum absolute atomic E-state index is 0.472. The normalized spacial score (nSPS) is 11.2. The van der Waals surface area contributed by atoms with Crippen molar-refractivity contribution in [2.75, 3.05) is 6.54 Å². The molecule has 0 bridgehead atoms. The van der Waals surface area contributed by atoms with Crippen LogP contribution in [-0.2, 0) is 0 Å². The molecule has 0 unspecified atom stereocenters. The highest BCUT2D eigenvalue weighted by atomic mass is 14.9. The molecule has 3 heterocycles. The molecule has 0 aliphatic carbocycles. The van der Waals surface area contributed by atoms with Crippen molar-refractivity contribution in [2.24, 2.45) is 5.41 Å². The lowest BCUT2D eigenvalue weighted by Gasteiger charge is -2.18. The van der Waals surface area contributed by atoms with Gasteiger partial charge in [-0.25, -0.2) is 9.97 Å². The molecule has 4 aromatic rings. The lowest BCUT2D eigenvalue weighted by molar-refractivity contribution is 0.482. The van der Waals surface area contributed by atoms with Gasteiger partial charge in [-0.2, -0.15) is 5.26 Å². The number of aromatic amines is 1. The molecule has 1 aromatic carbocycles. The van der Waals surface area contributed by atoms with E-state index < -0.39 is 5.41 Å². The van der Waals surface area contributed by atoms with Crippen molar-refractivity contribution in [3.05, 3.63) is 79.1 Å². The average molecular weight is 393 g/mol. The predicted octanol–water partition coefficient (Wildman–Crippen LogP) is 5.40. The van der Waals surface area contributed by atoms with Gasteiger partial charge in [-0.1, -0.05) is 43.0 Å². The van der Waals surface area contributed by atoms with Crippen LogP contribution in [-0.4, -0.2) is 21.5 Å². The quantitative estimate of drug-likeness (QED) is 0.460. The number of hydrogen-bond donors (Lipinski definition) is 2. The summed E-state index contributed by atoms with van der Waals surface area (Å²) in [6.45, 7) is 8.36. The number of nitriles is 1. The number of H-pyrrole nitrogens is 1. The highest BCUT2D eigenvalue weighted by Gasteiger charge is 2.17. The number of hydrogen-bond acceptors (Lipinski definition) is 4. The van der Waals surface area contributed by atoms with Crippen molar-refractivity contribution in [3.8, 4) is 28.6 Å². The Morgan fingerprint density at radius 2 is 1.90 bits per heavy atom. The minimum Gasteiger partial charge on any atom is -0.382 e. The second kappa shape index (κ2) is 7.84. The van der Waals surface area contributed by atoms with Crippen molar-refractivity contribution >= 4 is 16.7 Å².